The number of methoxy groups -OCH3 is 1. The zero-order chi connectivity index (χ0) is 9.68. The third kappa shape index (κ3) is 2.71. The van der Waals surface area contributed by atoms with Crippen molar-refractivity contribution in [2.24, 2.45) is 0 Å². The van der Waals surface area contributed by atoms with Crippen molar-refractivity contribution in [2.75, 3.05) is 13.7 Å². The Kier molecular flexibility index (Phi) is 4.25. The number of rotatable bonds is 4. The zero-order valence-corrected chi connectivity index (χ0v) is 8.32. The molecule has 0 bridgehead atoms. The second-order valence-corrected chi connectivity index (χ2v) is 3.22. The van der Waals surface area contributed by atoms with Gasteiger partial charge < -0.3 is 14.6 Å². The summed E-state index contributed by atoms with van der Waals surface area (Å²) in [6, 6.07) is 0. The van der Waals surface area contributed by atoms with E-state index in [2.05, 4.69) is 0 Å². The molecule has 1 aliphatic heterocycles. The Morgan fingerprint density at radius 3 is 2.92 bits per heavy atom. The first-order chi connectivity index (χ1) is 6.29. The Balaban J connectivity index is 2.53. The quantitative estimate of drug-likeness (QED) is 0.722. The molecule has 0 aromatic rings. The molecule has 0 amide bonds. The SMILES string of the molecule is CCC(OC)C(O)C1=CCCCO1. The van der Waals surface area contributed by atoms with E-state index in [9.17, 15) is 5.11 Å². The number of hydrogen-bond acceptors (Lipinski definition) is 3. The van der Waals surface area contributed by atoms with Gasteiger partial charge in [-0.25, -0.2) is 0 Å². The second kappa shape index (κ2) is 5.25. The van der Waals surface area contributed by atoms with Crippen LogP contribution in [0, 0.1) is 0 Å². The summed E-state index contributed by atoms with van der Waals surface area (Å²) in [6.07, 6.45) is 4.03. The lowest BCUT2D eigenvalue weighted by Crippen LogP contribution is -2.31. The van der Waals surface area contributed by atoms with Gasteiger partial charge in [0.25, 0.3) is 0 Å². The maximum Gasteiger partial charge on any atom is 0.137 e. The van der Waals surface area contributed by atoms with Gasteiger partial charge in [-0.05, 0) is 25.3 Å². The number of aliphatic hydroxyl groups excluding tert-OH is 1. The van der Waals surface area contributed by atoms with Gasteiger partial charge in [-0.3, -0.25) is 0 Å². The Morgan fingerprint density at radius 2 is 2.46 bits per heavy atom. The molecule has 13 heavy (non-hydrogen) atoms. The monoisotopic (exact) mass is 186 g/mol. The summed E-state index contributed by atoms with van der Waals surface area (Å²) in [4.78, 5) is 0. The molecule has 3 heteroatoms. The van der Waals surface area contributed by atoms with Crippen LogP contribution in [0.1, 0.15) is 26.2 Å². The highest BCUT2D eigenvalue weighted by molar-refractivity contribution is 5.04. The van der Waals surface area contributed by atoms with E-state index in [1.807, 2.05) is 13.0 Å². The van der Waals surface area contributed by atoms with Gasteiger partial charge in [0.1, 0.15) is 11.9 Å². The van der Waals surface area contributed by atoms with E-state index in [1.54, 1.807) is 7.11 Å². The summed E-state index contributed by atoms with van der Waals surface area (Å²) < 4.78 is 10.5. The van der Waals surface area contributed by atoms with E-state index in [0.29, 0.717) is 12.4 Å². The lowest BCUT2D eigenvalue weighted by Gasteiger charge is -2.25. The standard InChI is InChI=1S/C10H18O3/c1-3-8(12-2)10(11)9-6-4-5-7-13-9/h6,8,10-11H,3-5,7H2,1-2H3. The van der Waals surface area contributed by atoms with Crippen molar-refractivity contribution in [1.82, 2.24) is 0 Å². The molecule has 1 heterocycles. The van der Waals surface area contributed by atoms with Crippen molar-refractivity contribution in [2.45, 2.75) is 38.4 Å². The molecule has 0 radical (unpaired) electrons. The van der Waals surface area contributed by atoms with Gasteiger partial charge in [0.05, 0.1) is 12.7 Å². The van der Waals surface area contributed by atoms with Gasteiger partial charge in [-0.2, -0.15) is 0 Å². The lowest BCUT2D eigenvalue weighted by atomic mass is 10.1. The van der Waals surface area contributed by atoms with Gasteiger partial charge in [-0.1, -0.05) is 6.92 Å². The molecule has 0 saturated carbocycles. The highest BCUT2D eigenvalue weighted by atomic mass is 16.5. The Hall–Kier alpha value is -0.540. The molecule has 0 aliphatic carbocycles. The summed E-state index contributed by atoms with van der Waals surface area (Å²) in [6.45, 7) is 2.70. The maximum absolute atomic E-state index is 9.82. The largest absolute Gasteiger partial charge is 0.495 e. The molecule has 0 spiro atoms. The lowest BCUT2D eigenvalue weighted by molar-refractivity contribution is -0.0263. The molecule has 0 aromatic heterocycles. The van der Waals surface area contributed by atoms with Crippen LogP contribution in [0.15, 0.2) is 11.8 Å². The average Bonchev–Trinajstić information content (AvgIpc) is 2.21. The number of allylic oxidation sites excluding steroid dienone is 1. The Morgan fingerprint density at radius 1 is 1.69 bits per heavy atom. The molecule has 2 atom stereocenters. The molecule has 0 saturated heterocycles. The van der Waals surface area contributed by atoms with Gasteiger partial charge in [0, 0.05) is 7.11 Å². The molecule has 0 fully saturated rings. The number of hydrogen-bond donors (Lipinski definition) is 1. The average molecular weight is 186 g/mol. The predicted molar refractivity (Wildman–Crippen MR) is 50.4 cm³/mol. The first kappa shape index (κ1) is 10.5. The summed E-state index contributed by atoms with van der Waals surface area (Å²) in [5.41, 5.74) is 0. The molecule has 0 aromatic carbocycles. The zero-order valence-electron chi connectivity index (χ0n) is 8.32. The van der Waals surface area contributed by atoms with Crippen molar-refractivity contribution in [1.29, 1.82) is 0 Å². The van der Waals surface area contributed by atoms with Gasteiger partial charge >= 0.3 is 0 Å². The minimum atomic E-state index is -0.602. The van der Waals surface area contributed by atoms with Crippen molar-refractivity contribution in [3.8, 4) is 0 Å². The Bertz CT molecular complexity index is 173. The van der Waals surface area contributed by atoms with Crippen LogP contribution in [0.3, 0.4) is 0 Å². The third-order valence-electron chi connectivity index (χ3n) is 2.31. The fraction of sp³-hybridized carbons (Fsp3) is 0.800. The number of aliphatic hydroxyl groups is 1. The fourth-order valence-corrected chi connectivity index (χ4v) is 1.48. The third-order valence-corrected chi connectivity index (χ3v) is 2.31. The van der Waals surface area contributed by atoms with E-state index < -0.39 is 6.10 Å². The predicted octanol–water partition coefficient (Wildman–Crippen LogP) is 1.47. The summed E-state index contributed by atoms with van der Waals surface area (Å²) in [5, 5.41) is 9.82. The van der Waals surface area contributed by atoms with Crippen molar-refractivity contribution in [3.63, 3.8) is 0 Å². The van der Waals surface area contributed by atoms with Crippen LogP contribution >= 0.6 is 0 Å². The van der Waals surface area contributed by atoms with Gasteiger partial charge in [-0.15, -0.1) is 0 Å². The van der Waals surface area contributed by atoms with Crippen LogP contribution in [-0.4, -0.2) is 31.0 Å². The van der Waals surface area contributed by atoms with Crippen LogP contribution in [0.25, 0.3) is 0 Å². The van der Waals surface area contributed by atoms with E-state index in [1.165, 1.54) is 0 Å². The molecule has 2 unspecified atom stereocenters. The van der Waals surface area contributed by atoms with E-state index in [-0.39, 0.29) is 6.10 Å². The molecule has 3 nitrogen and oxygen atoms in total. The highest BCUT2D eigenvalue weighted by Crippen LogP contribution is 2.18. The smallest absolute Gasteiger partial charge is 0.137 e. The molecule has 1 N–H and O–H groups in total. The minimum absolute atomic E-state index is 0.149. The Labute approximate surface area is 79.3 Å². The summed E-state index contributed by atoms with van der Waals surface area (Å²) in [7, 11) is 1.61. The molecular formula is C10H18O3. The fourth-order valence-electron chi connectivity index (χ4n) is 1.48. The van der Waals surface area contributed by atoms with Crippen molar-refractivity contribution >= 4 is 0 Å². The van der Waals surface area contributed by atoms with Crippen LogP contribution in [0.5, 0.6) is 0 Å². The first-order valence-corrected chi connectivity index (χ1v) is 4.83. The van der Waals surface area contributed by atoms with Gasteiger partial charge in [0.2, 0.25) is 0 Å². The highest BCUT2D eigenvalue weighted by Gasteiger charge is 2.23. The van der Waals surface area contributed by atoms with Crippen LogP contribution in [0.4, 0.5) is 0 Å². The molecule has 1 aliphatic rings. The van der Waals surface area contributed by atoms with Crippen LogP contribution in [-0.2, 0) is 9.47 Å². The van der Waals surface area contributed by atoms with E-state index >= 15 is 0 Å². The second-order valence-electron chi connectivity index (χ2n) is 3.22. The van der Waals surface area contributed by atoms with E-state index in [4.69, 9.17) is 9.47 Å². The first-order valence-electron chi connectivity index (χ1n) is 4.83. The molecule has 1 rings (SSSR count). The molecular weight excluding hydrogens is 168 g/mol. The normalized spacial score (nSPS) is 21.6. The topological polar surface area (TPSA) is 38.7 Å². The minimum Gasteiger partial charge on any atom is -0.495 e. The van der Waals surface area contributed by atoms with Crippen LogP contribution < -0.4 is 0 Å². The van der Waals surface area contributed by atoms with Crippen LogP contribution in [0.2, 0.25) is 0 Å². The van der Waals surface area contributed by atoms with E-state index in [0.717, 1.165) is 19.3 Å². The summed E-state index contributed by atoms with van der Waals surface area (Å²) >= 11 is 0. The molecule has 76 valence electrons. The number of ether oxygens (including phenoxy) is 2. The van der Waals surface area contributed by atoms with Gasteiger partial charge in [0.15, 0.2) is 0 Å². The van der Waals surface area contributed by atoms with Crippen molar-refractivity contribution in [3.05, 3.63) is 11.8 Å². The van der Waals surface area contributed by atoms with Crippen molar-refractivity contribution < 1.29 is 14.6 Å². The maximum atomic E-state index is 9.82. The summed E-state index contributed by atoms with van der Waals surface area (Å²) in [5.74, 6) is 0.681.